The van der Waals surface area contributed by atoms with E-state index < -0.39 is 6.17 Å². The van der Waals surface area contributed by atoms with Crippen molar-refractivity contribution in [3.05, 3.63) is 205 Å². The third kappa shape index (κ3) is 5.58. The summed E-state index contributed by atoms with van der Waals surface area (Å²) >= 11 is 0. The molecule has 1 aliphatic rings. The predicted octanol–water partition coefficient (Wildman–Crippen LogP) is 12.2. The van der Waals surface area contributed by atoms with Crippen molar-refractivity contribution in [3.8, 4) is 33.4 Å². The Kier molecular flexibility index (Phi) is 7.51. The first-order valence-electron chi connectivity index (χ1n) is 17.9. The summed E-state index contributed by atoms with van der Waals surface area (Å²) in [6, 6.07) is 65.7. The number of benzene rings is 8. The largest absolute Gasteiger partial charge is 0.455 e. The normalized spacial score (nSPS) is 14.2. The highest BCUT2D eigenvalue weighted by molar-refractivity contribution is 6.23. The fraction of sp³-hybridized carbons (Fsp3) is 0.0204. The molecule has 1 unspecified atom stereocenters. The molecule has 0 saturated carbocycles. The van der Waals surface area contributed by atoms with Crippen LogP contribution in [-0.4, -0.2) is 11.7 Å². The fourth-order valence-corrected chi connectivity index (χ4v) is 7.54. The minimum absolute atomic E-state index is 0.390. The Bertz CT molecular complexity index is 2850. The molecule has 1 atom stereocenters. The molecule has 0 fully saturated rings. The first-order valence-corrected chi connectivity index (χ1v) is 17.9. The number of amidine groups is 2. The molecule has 0 radical (unpaired) electrons. The highest BCUT2D eigenvalue weighted by Crippen LogP contribution is 2.40. The van der Waals surface area contributed by atoms with Crippen molar-refractivity contribution < 1.29 is 4.42 Å². The van der Waals surface area contributed by atoms with Crippen molar-refractivity contribution >= 4 is 44.4 Å². The maximum absolute atomic E-state index is 6.71. The van der Waals surface area contributed by atoms with Gasteiger partial charge in [0, 0.05) is 27.5 Å². The Labute approximate surface area is 307 Å². The van der Waals surface area contributed by atoms with Gasteiger partial charge in [-0.05, 0) is 74.5 Å². The fourth-order valence-electron chi connectivity index (χ4n) is 7.54. The number of nitrogens with zero attached hydrogens (tertiary/aromatic N) is 2. The van der Waals surface area contributed by atoms with Gasteiger partial charge in [-0.1, -0.05) is 158 Å². The molecule has 1 aliphatic heterocycles. The van der Waals surface area contributed by atoms with Gasteiger partial charge in [-0.3, -0.25) is 0 Å². The Balaban J connectivity index is 1.15. The molecule has 0 aliphatic carbocycles. The lowest BCUT2D eigenvalue weighted by atomic mass is 9.92. The van der Waals surface area contributed by atoms with Gasteiger partial charge >= 0.3 is 0 Å². The summed E-state index contributed by atoms with van der Waals surface area (Å²) < 4.78 is 6.71. The highest BCUT2D eigenvalue weighted by Gasteiger charge is 2.26. The molecule has 53 heavy (non-hydrogen) atoms. The molecule has 4 heteroatoms. The lowest BCUT2D eigenvalue weighted by Crippen LogP contribution is -2.33. The molecule has 1 aromatic heterocycles. The van der Waals surface area contributed by atoms with E-state index in [2.05, 4.69) is 163 Å². The zero-order valence-corrected chi connectivity index (χ0v) is 28.8. The van der Waals surface area contributed by atoms with Crippen LogP contribution in [0.15, 0.2) is 202 Å². The number of para-hydroxylation sites is 1. The molecule has 1 N–H and O–H groups in total. The predicted molar refractivity (Wildman–Crippen MR) is 219 cm³/mol. The van der Waals surface area contributed by atoms with E-state index >= 15 is 0 Å². The molecule has 8 aromatic carbocycles. The van der Waals surface area contributed by atoms with Gasteiger partial charge in [0.1, 0.15) is 23.2 Å². The van der Waals surface area contributed by atoms with Crippen LogP contribution in [0.3, 0.4) is 0 Å². The van der Waals surface area contributed by atoms with Gasteiger partial charge in [0.2, 0.25) is 0 Å². The summed E-state index contributed by atoms with van der Waals surface area (Å²) in [7, 11) is 0. The van der Waals surface area contributed by atoms with Gasteiger partial charge in [0.05, 0.1) is 0 Å². The monoisotopic (exact) mass is 679 g/mol. The molecule has 0 spiro atoms. The summed E-state index contributed by atoms with van der Waals surface area (Å²) in [5, 5.41) is 8.24. The van der Waals surface area contributed by atoms with Crippen LogP contribution >= 0.6 is 0 Å². The number of aliphatic imine (C=N–C) groups is 2. The first-order chi connectivity index (χ1) is 26.3. The SMILES string of the molecule is c1ccc(C2=NC(c3ccc(-c4ccccc4)c(-c4ccccc4)c3)NC(c3ccc(-c4ccc5ccccc5c4)c4oc5ccccc5c34)=N2)cc1. The van der Waals surface area contributed by atoms with E-state index in [0.717, 1.165) is 66.7 Å². The van der Waals surface area contributed by atoms with Crippen LogP contribution in [0, 0.1) is 0 Å². The van der Waals surface area contributed by atoms with Crippen molar-refractivity contribution in [2.75, 3.05) is 0 Å². The number of nitrogens with one attached hydrogen (secondary N) is 1. The number of hydrogen-bond acceptors (Lipinski definition) is 4. The van der Waals surface area contributed by atoms with Gasteiger partial charge in [-0.2, -0.15) is 0 Å². The van der Waals surface area contributed by atoms with Gasteiger partial charge in [-0.15, -0.1) is 0 Å². The minimum atomic E-state index is -0.390. The number of hydrogen-bond donors (Lipinski definition) is 1. The summed E-state index contributed by atoms with van der Waals surface area (Å²) in [5.41, 5.74) is 11.4. The second-order valence-electron chi connectivity index (χ2n) is 13.4. The number of furan rings is 1. The summed E-state index contributed by atoms with van der Waals surface area (Å²) in [6.07, 6.45) is -0.390. The zero-order chi connectivity index (χ0) is 35.1. The molecular formula is C49H33N3O. The van der Waals surface area contributed by atoms with Crippen LogP contribution in [0.25, 0.3) is 66.1 Å². The van der Waals surface area contributed by atoms with Crippen LogP contribution in [0.4, 0.5) is 0 Å². The van der Waals surface area contributed by atoms with E-state index in [0.29, 0.717) is 5.84 Å². The summed E-state index contributed by atoms with van der Waals surface area (Å²) in [6.45, 7) is 0. The quantitative estimate of drug-likeness (QED) is 0.190. The average Bonchev–Trinajstić information content (AvgIpc) is 3.64. The molecular weight excluding hydrogens is 647 g/mol. The molecule has 2 heterocycles. The van der Waals surface area contributed by atoms with E-state index in [-0.39, 0.29) is 0 Å². The molecule has 9 aromatic rings. The zero-order valence-electron chi connectivity index (χ0n) is 28.8. The van der Waals surface area contributed by atoms with E-state index in [1.54, 1.807) is 0 Å². The maximum Gasteiger partial charge on any atom is 0.159 e. The summed E-state index contributed by atoms with van der Waals surface area (Å²) in [5.74, 6) is 1.43. The van der Waals surface area contributed by atoms with E-state index in [1.807, 2.05) is 30.3 Å². The van der Waals surface area contributed by atoms with Crippen LogP contribution in [0.5, 0.6) is 0 Å². The Morgan fingerprint density at radius 3 is 1.85 bits per heavy atom. The smallest absolute Gasteiger partial charge is 0.159 e. The lowest BCUT2D eigenvalue weighted by Gasteiger charge is -2.25. The Morgan fingerprint density at radius 2 is 1.08 bits per heavy atom. The minimum Gasteiger partial charge on any atom is -0.455 e. The Morgan fingerprint density at radius 1 is 0.453 bits per heavy atom. The van der Waals surface area contributed by atoms with Gasteiger partial charge in [-0.25, -0.2) is 9.98 Å². The highest BCUT2D eigenvalue weighted by atomic mass is 16.3. The van der Waals surface area contributed by atoms with E-state index in [4.69, 9.17) is 14.4 Å². The molecule has 0 bridgehead atoms. The van der Waals surface area contributed by atoms with Gasteiger partial charge in [0.15, 0.2) is 5.84 Å². The molecule has 0 amide bonds. The standard InChI is InChI=1S/C49H33N3O/c1-4-15-33(16-5-1)39-27-26-38(31-43(39)34-17-6-2-7-18-34)48-50-47(35-19-8-3-9-20-35)51-49(52-48)42-29-28-40(37-25-24-32-14-10-11-21-36(32)30-37)46-45(42)41-22-12-13-23-44(41)53-46/h1-31,48H,(H,50,51,52). The third-order valence-electron chi connectivity index (χ3n) is 10.1. The average molecular weight is 680 g/mol. The molecule has 250 valence electrons. The molecule has 4 nitrogen and oxygen atoms in total. The van der Waals surface area contributed by atoms with Crippen molar-refractivity contribution in [2.45, 2.75) is 6.17 Å². The van der Waals surface area contributed by atoms with Gasteiger partial charge in [0.25, 0.3) is 0 Å². The number of fused-ring (bicyclic) bond motifs is 4. The summed E-state index contributed by atoms with van der Waals surface area (Å²) in [4.78, 5) is 10.5. The number of rotatable bonds is 6. The van der Waals surface area contributed by atoms with E-state index in [9.17, 15) is 0 Å². The van der Waals surface area contributed by atoms with Crippen LogP contribution in [-0.2, 0) is 0 Å². The van der Waals surface area contributed by atoms with Crippen molar-refractivity contribution in [1.82, 2.24) is 5.32 Å². The molecule has 10 rings (SSSR count). The molecule has 0 saturated heterocycles. The van der Waals surface area contributed by atoms with Crippen molar-refractivity contribution in [2.24, 2.45) is 9.98 Å². The van der Waals surface area contributed by atoms with Crippen LogP contribution in [0.2, 0.25) is 0 Å². The third-order valence-corrected chi connectivity index (χ3v) is 10.1. The topological polar surface area (TPSA) is 49.9 Å². The first kappa shape index (κ1) is 30.8. The second-order valence-corrected chi connectivity index (χ2v) is 13.4. The Hall–Kier alpha value is -7.04. The van der Waals surface area contributed by atoms with Crippen LogP contribution in [0.1, 0.15) is 22.9 Å². The van der Waals surface area contributed by atoms with Crippen molar-refractivity contribution in [3.63, 3.8) is 0 Å². The lowest BCUT2D eigenvalue weighted by molar-refractivity contribution is 0.668. The van der Waals surface area contributed by atoms with Crippen molar-refractivity contribution in [1.29, 1.82) is 0 Å². The second kappa shape index (κ2) is 12.9. The van der Waals surface area contributed by atoms with E-state index in [1.165, 1.54) is 21.9 Å². The van der Waals surface area contributed by atoms with Gasteiger partial charge < -0.3 is 9.73 Å². The maximum atomic E-state index is 6.71. The van der Waals surface area contributed by atoms with Crippen LogP contribution < -0.4 is 5.32 Å².